The van der Waals surface area contributed by atoms with E-state index in [1.807, 2.05) is 67.3 Å². The van der Waals surface area contributed by atoms with Crippen molar-refractivity contribution in [3.63, 3.8) is 0 Å². The fourth-order valence-corrected chi connectivity index (χ4v) is 4.00. The van der Waals surface area contributed by atoms with Gasteiger partial charge in [0.1, 0.15) is 5.75 Å². The van der Waals surface area contributed by atoms with Crippen LogP contribution in [0.3, 0.4) is 0 Å². The number of aromatic nitrogens is 2. The number of rotatable bonds is 7. The molecule has 0 saturated carbocycles. The Morgan fingerprint density at radius 3 is 2.49 bits per heavy atom. The van der Waals surface area contributed by atoms with Crippen LogP contribution in [0.4, 0.5) is 5.82 Å². The highest BCUT2D eigenvalue weighted by atomic mass is 16.5. The number of anilines is 1. The summed E-state index contributed by atoms with van der Waals surface area (Å²) in [5.74, 6) is 7.53. The Morgan fingerprint density at radius 1 is 0.946 bits per heavy atom. The Hall–Kier alpha value is -4.38. The third-order valence-electron chi connectivity index (χ3n) is 5.95. The van der Waals surface area contributed by atoms with Gasteiger partial charge in [-0.1, -0.05) is 37.0 Å². The average molecular weight is 498 g/mol. The van der Waals surface area contributed by atoms with E-state index in [1.165, 1.54) is 0 Å². The van der Waals surface area contributed by atoms with Crippen molar-refractivity contribution in [2.24, 2.45) is 0 Å². The van der Waals surface area contributed by atoms with Crippen LogP contribution in [0.15, 0.2) is 60.7 Å². The minimum Gasteiger partial charge on any atom is -0.494 e. The SMILES string of the molecule is CCCNC(=O)c1ccc(N2CCN(C(=O)c3ccccc3C#Cc3cccc(OCC)c3)CC2)nn1. The van der Waals surface area contributed by atoms with Crippen LogP contribution in [0.25, 0.3) is 0 Å². The Morgan fingerprint density at radius 2 is 1.76 bits per heavy atom. The maximum absolute atomic E-state index is 13.4. The molecule has 2 heterocycles. The molecule has 0 atom stereocenters. The lowest BCUT2D eigenvalue weighted by atomic mass is 10.1. The van der Waals surface area contributed by atoms with Crippen LogP contribution in [-0.4, -0.2) is 66.2 Å². The van der Waals surface area contributed by atoms with E-state index in [9.17, 15) is 9.59 Å². The fourth-order valence-electron chi connectivity index (χ4n) is 4.00. The molecule has 0 radical (unpaired) electrons. The van der Waals surface area contributed by atoms with Gasteiger partial charge in [-0.25, -0.2) is 0 Å². The number of amides is 2. The van der Waals surface area contributed by atoms with Crippen LogP contribution < -0.4 is 15.0 Å². The smallest absolute Gasteiger partial charge is 0.271 e. The van der Waals surface area contributed by atoms with E-state index in [1.54, 1.807) is 12.1 Å². The summed E-state index contributed by atoms with van der Waals surface area (Å²) >= 11 is 0. The van der Waals surface area contributed by atoms with Gasteiger partial charge in [-0.3, -0.25) is 9.59 Å². The molecule has 1 aliphatic rings. The van der Waals surface area contributed by atoms with Crippen LogP contribution in [0.5, 0.6) is 5.75 Å². The maximum atomic E-state index is 13.4. The summed E-state index contributed by atoms with van der Waals surface area (Å²) < 4.78 is 5.55. The highest BCUT2D eigenvalue weighted by Gasteiger charge is 2.24. The van der Waals surface area contributed by atoms with E-state index >= 15 is 0 Å². The van der Waals surface area contributed by atoms with E-state index in [0.717, 1.165) is 17.7 Å². The molecule has 1 fully saturated rings. The molecule has 3 aromatic rings. The molecule has 37 heavy (non-hydrogen) atoms. The number of nitrogens with zero attached hydrogens (tertiary/aromatic N) is 4. The molecule has 0 unspecified atom stereocenters. The Balaban J connectivity index is 1.40. The zero-order valence-electron chi connectivity index (χ0n) is 21.2. The Labute approximate surface area is 217 Å². The molecule has 0 spiro atoms. The van der Waals surface area contributed by atoms with Crippen molar-refractivity contribution in [1.82, 2.24) is 20.4 Å². The zero-order valence-corrected chi connectivity index (χ0v) is 21.2. The summed E-state index contributed by atoms with van der Waals surface area (Å²) in [6, 6.07) is 18.6. The molecular formula is C29H31N5O3. The first-order chi connectivity index (χ1) is 18.1. The summed E-state index contributed by atoms with van der Waals surface area (Å²) in [5, 5.41) is 11.1. The predicted octanol–water partition coefficient (Wildman–Crippen LogP) is 3.38. The first-order valence-electron chi connectivity index (χ1n) is 12.6. The van der Waals surface area contributed by atoms with E-state index in [0.29, 0.717) is 62.0 Å². The topological polar surface area (TPSA) is 87.7 Å². The molecule has 8 heteroatoms. The number of piperazine rings is 1. The lowest BCUT2D eigenvalue weighted by molar-refractivity contribution is 0.0745. The normalized spacial score (nSPS) is 12.9. The lowest BCUT2D eigenvalue weighted by Gasteiger charge is -2.35. The van der Waals surface area contributed by atoms with Crippen molar-refractivity contribution in [1.29, 1.82) is 0 Å². The lowest BCUT2D eigenvalue weighted by Crippen LogP contribution is -2.49. The standard InChI is InChI=1S/C29H31N5O3/c1-3-16-30-28(35)26-14-15-27(32-31-26)33-17-19-34(20-18-33)29(36)25-11-6-5-9-23(25)13-12-22-8-7-10-24(21-22)37-4-2/h5-11,14-15,21H,3-4,16-20H2,1-2H3,(H,30,35). The molecule has 0 aliphatic carbocycles. The van der Waals surface area contributed by atoms with Gasteiger partial charge in [-0.2, -0.15) is 0 Å². The van der Waals surface area contributed by atoms with Gasteiger partial charge in [-0.05, 0) is 55.8 Å². The summed E-state index contributed by atoms with van der Waals surface area (Å²) in [7, 11) is 0. The van der Waals surface area contributed by atoms with Gasteiger partial charge in [0, 0.05) is 43.9 Å². The molecule has 1 saturated heterocycles. The molecule has 2 aromatic carbocycles. The van der Waals surface area contributed by atoms with Crippen molar-refractivity contribution in [2.45, 2.75) is 20.3 Å². The van der Waals surface area contributed by atoms with Gasteiger partial charge in [-0.15, -0.1) is 10.2 Å². The van der Waals surface area contributed by atoms with Crippen LogP contribution >= 0.6 is 0 Å². The highest BCUT2D eigenvalue weighted by Crippen LogP contribution is 2.17. The number of nitrogens with one attached hydrogen (secondary N) is 1. The molecule has 1 aromatic heterocycles. The molecule has 1 aliphatic heterocycles. The summed E-state index contributed by atoms with van der Waals surface area (Å²) in [5.41, 5.74) is 2.41. The van der Waals surface area contributed by atoms with Gasteiger partial charge in [0.15, 0.2) is 11.5 Å². The Bertz CT molecular complexity index is 1290. The van der Waals surface area contributed by atoms with Gasteiger partial charge in [0.2, 0.25) is 0 Å². The van der Waals surface area contributed by atoms with Crippen LogP contribution in [0.1, 0.15) is 52.2 Å². The van der Waals surface area contributed by atoms with Gasteiger partial charge in [0.05, 0.1) is 12.2 Å². The molecular weight excluding hydrogens is 466 g/mol. The minimum atomic E-state index is -0.222. The molecule has 4 rings (SSSR count). The Kier molecular flexibility index (Phi) is 8.71. The fraction of sp³-hybridized carbons (Fsp3) is 0.310. The van der Waals surface area contributed by atoms with Gasteiger partial charge in [0.25, 0.3) is 11.8 Å². The summed E-state index contributed by atoms with van der Waals surface area (Å²) in [6.07, 6.45) is 0.861. The number of ether oxygens (including phenoxy) is 1. The third-order valence-corrected chi connectivity index (χ3v) is 5.95. The van der Waals surface area contributed by atoms with Crippen LogP contribution in [0.2, 0.25) is 0 Å². The quantitative estimate of drug-likeness (QED) is 0.504. The second-order valence-electron chi connectivity index (χ2n) is 8.57. The summed E-state index contributed by atoms with van der Waals surface area (Å²) in [4.78, 5) is 29.3. The maximum Gasteiger partial charge on any atom is 0.271 e. The zero-order chi connectivity index (χ0) is 26.0. The molecule has 0 bridgehead atoms. The number of benzene rings is 2. The van der Waals surface area contributed by atoms with Crippen molar-refractivity contribution in [3.8, 4) is 17.6 Å². The average Bonchev–Trinajstić information content (AvgIpc) is 2.95. The molecule has 8 nitrogen and oxygen atoms in total. The first-order valence-corrected chi connectivity index (χ1v) is 12.6. The predicted molar refractivity (Wildman–Crippen MR) is 143 cm³/mol. The number of hydrogen-bond donors (Lipinski definition) is 1. The van der Waals surface area contributed by atoms with E-state index in [2.05, 4.69) is 32.3 Å². The van der Waals surface area contributed by atoms with Crippen molar-refractivity contribution in [2.75, 3.05) is 44.2 Å². The van der Waals surface area contributed by atoms with Crippen molar-refractivity contribution in [3.05, 3.63) is 83.0 Å². The first kappa shape index (κ1) is 25.7. The monoisotopic (exact) mass is 497 g/mol. The minimum absolute atomic E-state index is 0.0401. The van der Waals surface area contributed by atoms with Gasteiger partial charge >= 0.3 is 0 Å². The van der Waals surface area contributed by atoms with Gasteiger partial charge < -0.3 is 19.9 Å². The third kappa shape index (κ3) is 6.64. The molecule has 190 valence electrons. The highest BCUT2D eigenvalue weighted by molar-refractivity contribution is 5.97. The number of carbonyl (C=O) groups excluding carboxylic acids is 2. The van der Waals surface area contributed by atoms with Crippen molar-refractivity contribution >= 4 is 17.6 Å². The number of carbonyl (C=O) groups is 2. The summed E-state index contributed by atoms with van der Waals surface area (Å²) in [6.45, 7) is 7.49. The van der Waals surface area contributed by atoms with E-state index in [4.69, 9.17) is 4.74 Å². The molecule has 2 amide bonds. The second-order valence-corrected chi connectivity index (χ2v) is 8.57. The van der Waals surface area contributed by atoms with Crippen molar-refractivity contribution < 1.29 is 14.3 Å². The van der Waals surface area contributed by atoms with Crippen LogP contribution in [0, 0.1) is 11.8 Å². The van der Waals surface area contributed by atoms with E-state index in [-0.39, 0.29) is 11.8 Å². The molecule has 1 N–H and O–H groups in total. The number of hydrogen-bond acceptors (Lipinski definition) is 6. The largest absolute Gasteiger partial charge is 0.494 e. The second kappa shape index (κ2) is 12.5. The van der Waals surface area contributed by atoms with Crippen LogP contribution in [-0.2, 0) is 0 Å². The van der Waals surface area contributed by atoms with E-state index < -0.39 is 0 Å².